The number of halogens is 2. The van der Waals surface area contributed by atoms with E-state index in [9.17, 15) is 0 Å². The summed E-state index contributed by atoms with van der Waals surface area (Å²) in [6, 6.07) is 8.86. The molecule has 2 aliphatic carbocycles. The van der Waals surface area contributed by atoms with Crippen LogP contribution in [-0.4, -0.2) is 0 Å². The molecule has 0 amide bonds. The van der Waals surface area contributed by atoms with Crippen LogP contribution >= 0.6 is 22.7 Å². The first-order chi connectivity index (χ1) is 9.58. The molecule has 2 aliphatic heterocycles. The fourth-order valence-corrected chi connectivity index (χ4v) is 4.42. The van der Waals surface area contributed by atoms with Crippen molar-refractivity contribution in [1.29, 1.82) is 0 Å². The van der Waals surface area contributed by atoms with Crippen molar-refractivity contribution in [3.05, 3.63) is 57.3 Å². The van der Waals surface area contributed by atoms with Gasteiger partial charge in [-0.2, -0.15) is 23.3 Å². The number of hydrogen-bond donors (Lipinski definition) is 0. The van der Waals surface area contributed by atoms with Crippen LogP contribution in [0.3, 0.4) is 0 Å². The Labute approximate surface area is 178 Å². The van der Waals surface area contributed by atoms with Crippen molar-refractivity contribution in [3.8, 4) is 20.9 Å². The third-order valence-electron chi connectivity index (χ3n) is 4.00. The molecule has 4 aliphatic rings. The quantitative estimate of drug-likeness (QED) is 0.333. The van der Waals surface area contributed by atoms with Crippen LogP contribution in [0, 0.1) is 27.7 Å². The molecule has 5 heteroatoms. The van der Waals surface area contributed by atoms with E-state index < -0.39 is 0 Å². The number of hydrogen-bond acceptors (Lipinski definition) is 2. The molecule has 0 spiro atoms. The molecule has 0 aromatic heterocycles. The van der Waals surface area contributed by atoms with Crippen molar-refractivity contribution < 1.29 is 51.0 Å². The average molecular weight is 461 g/mol. The summed E-state index contributed by atoms with van der Waals surface area (Å²) in [5, 5.41) is 4.30. The van der Waals surface area contributed by atoms with Crippen LogP contribution in [0.4, 0.5) is 0 Å². The molecule has 0 unspecified atom stereocenters. The molecule has 120 valence electrons. The first kappa shape index (κ1) is 23.1. The first-order valence-electron chi connectivity index (χ1n) is 6.78. The molecule has 0 aromatic rings. The van der Waals surface area contributed by atoms with Crippen LogP contribution in [0.5, 0.6) is 0 Å². The summed E-state index contributed by atoms with van der Waals surface area (Å²) < 4.78 is 0. The van der Waals surface area contributed by atoms with Crippen molar-refractivity contribution in [2.75, 3.05) is 0 Å². The predicted octanol–water partition coefficient (Wildman–Crippen LogP) is 0.383. The van der Waals surface area contributed by atoms with Crippen LogP contribution in [-0.2, 0) is 26.2 Å². The molecule has 0 bridgehead atoms. The summed E-state index contributed by atoms with van der Waals surface area (Å²) in [5.41, 5.74) is 8.54. The van der Waals surface area contributed by atoms with Crippen molar-refractivity contribution in [1.82, 2.24) is 0 Å². The van der Waals surface area contributed by atoms with Crippen molar-refractivity contribution in [2.24, 2.45) is 0 Å². The van der Waals surface area contributed by atoms with Gasteiger partial charge in [0.05, 0.1) is 0 Å². The molecule has 0 nitrogen and oxygen atoms in total. The zero-order valence-electron chi connectivity index (χ0n) is 13.5. The Balaban J connectivity index is 0.000000372. The first-order valence-corrected chi connectivity index (χ1v) is 8.54. The Morgan fingerprint density at radius 2 is 1.04 bits per heavy atom. The van der Waals surface area contributed by atoms with E-state index in [1.165, 1.54) is 43.1 Å². The Hall–Kier alpha value is 0.0831. The van der Waals surface area contributed by atoms with E-state index in [2.05, 4.69) is 62.7 Å². The third-order valence-corrected chi connectivity index (χ3v) is 6.10. The number of aryl methyl sites for hydroxylation is 2. The predicted molar refractivity (Wildman–Crippen MR) is 92.0 cm³/mol. The van der Waals surface area contributed by atoms with Crippen molar-refractivity contribution in [2.45, 2.75) is 27.7 Å². The molecule has 0 atom stereocenters. The van der Waals surface area contributed by atoms with Crippen molar-refractivity contribution >= 4 is 22.7 Å². The van der Waals surface area contributed by atoms with Gasteiger partial charge in [0.25, 0.3) is 0 Å². The van der Waals surface area contributed by atoms with E-state index in [1.807, 2.05) is 22.7 Å². The Morgan fingerprint density at radius 3 is 1.35 bits per heavy atom. The Bertz CT molecular complexity index is 709. The molecular weight excluding hydrogens is 442 g/mol. The fraction of sp³-hybridized carbons (Fsp3) is 0.222. The molecule has 2 heterocycles. The van der Waals surface area contributed by atoms with Gasteiger partial charge in [-0.1, -0.05) is 36.1 Å². The monoisotopic (exact) mass is 458 g/mol. The fourth-order valence-electron chi connectivity index (χ4n) is 2.52. The van der Waals surface area contributed by atoms with E-state index in [4.69, 9.17) is 0 Å². The van der Waals surface area contributed by atoms with Gasteiger partial charge in [-0.05, 0) is 13.8 Å². The van der Waals surface area contributed by atoms with Crippen molar-refractivity contribution in [3.63, 3.8) is 0 Å². The smallest absolute Gasteiger partial charge is 1.00 e. The zero-order chi connectivity index (χ0) is 14.3. The summed E-state index contributed by atoms with van der Waals surface area (Å²) in [7, 11) is 0. The van der Waals surface area contributed by atoms with Gasteiger partial charge < -0.3 is 24.8 Å². The van der Waals surface area contributed by atoms with E-state index in [0.717, 1.165) is 0 Å². The second kappa shape index (κ2) is 9.54. The minimum absolute atomic E-state index is 0. The van der Waals surface area contributed by atoms with Crippen LogP contribution in [0.15, 0.2) is 35.0 Å². The maximum atomic E-state index is 2.25. The van der Waals surface area contributed by atoms with Gasteiger partial charge in [0.15, 0.2) is 0 Å². The molecule has 0 aromatic carbocycles. The van der Waals surface area contributed by atoms with Crippen LogP contribution in [0.1, 0.15) is 22.3 Å². The molecule has 0 saturated carbocycles. The maximum Gasteiger partial charge on any atom is 4.00 e. The van der Waals surface area contributed by atoms with Gasteiger partial charge in [-0.15, -0.1) is 32.6 Å². The average Bonchev–Trinajstić information content (AvgIpc) is 3.13. The largest absolute Gasteiger partial charge is 4.00 e. The van der Waals surface area contributed by atoms with Gasteiger partial charge in [-0.25, -0.2) is 0 Å². The summed E-state index contributed by atoms with van der Waals surface area (Å²) >= 11 is 3.67. The van der Waals surface area contributed by atoms with Gasteiger partial charge >= 0.3 is 26.2 Å². The Kier molecular flexibility index (Phi) is 9.57. The summed E-state index contributed by atoms with van der Waals surface area (Å²) in [6.45, 7) is 8.71. The molecule has 0 fully saturated rings. The number of thiophene rings is 2. The van der Waals surface area contributed by atoms with Gasteiger partial charge in [0.1, 0.15) is 0 Å². The van der Waals surface area contributed by atoms with E-state index in [0.29, 0.717) is 0 Å². The Morgan fingerprint density at radius 1 is 0.696 bits per heavy atom. The van der Waals surface area contributed by atoms with Crippen LogP contribution in [0.2, 0.25) is 0 Å². The summed E-state index contributed by atoms with van der Waals surface area (Å²) in [6.07, 6.45) is 0. The third kappa shape index (κ3) is 4.58. The van der Waals surface area contributed by atoms with E-state index >= 15 is 0 Å². The second-order valence-corrected chi connectivity index (χ2v) is 7.15. The maximum absolute atomic E-state index is 2.25. The summed E-state index contributed by atoms with van der Waals surface area (Å²) in [5.74, 6) is 0. The van der Waals surface area contributed by atoms with Gasteiger partial charge in [-0.3, -0.25) is 22.7 Å². The topological polar surface area (TPSA) is 0 Å². The van der Waals surface area contributed by atoms with Gasteiger partial charge in [0.2, 0.25) is 0 Å². The minimum atomic E-state index is 0. The van der Waals surface area contributed by atoms with E-state index in [-0.39, 0.29) is 51.0 Å². The zero-order valence-corrected chi connectivity index (χ0v) is 19.1. The molecule has 0 saturated heterocycles. The van der Waals surface area contributed by atoms with Crippen LogP contribution < -0.4 is 24.8 Å². The molecular formula is C18H18Cl2S2Zr. The molecule has 4 rings (SSSR count). The normalized spacial score (nSPS) is 9.57. The van der Waals surface area contributed by atoms with Gasteiger partial charge in [0, 0.05) is 0 Å². The second-order valence-electron chi connectivity index (χ2n) is 5.31. The number of rotatable bonds is 0. The molecule has 0 N–H and O–H groups in total. The minimum Gasteiger partial charge on any atom is -1.00 e. The SMILES string of the molecule is Cc1cc2c[cH-]sc-2c1C.Cc1cc2c[cH-]sc-2c1C.[Cl-].[Cl-].[Zr+4]. The standard InChI is InChI=1S/2C9H9S.2ClH.Zr/c2*1-6-5-8-3-4-10-9(8)7(6)2;;;/h2*3-5H,1-2H3;2*1H;/q2*-1;;;+4/p-2. The number of fused-ring (bicyclic) bond motifs is 2. The molecule has 0 radical (unpaired) electrons. The molecule has 23 heavy (non-hydrogen) atoms. The van der Waals surface area contributed by atoms with Crippen LogP contribution in [0.25, 0.3) is 20.9 Å². The van der Waals surface area contributed by atoms with E-state index in [1.54, 1.807) is 0 Å². The summed E-state index contributed by atoms with van der Waals surface area (Å²) in [4.78, 5) is 2.91.